The highest BCUT2D eigenvalue weighted by atomic mass is 16.5. The maximum absolute atomic E-state index is 12.7. The minimum Gasteiger partial charge on any atom is -0.371 e. The highest BCUT2D eigenvalue weighted by molar-refractivity contribution is 5.68. The first-order valence-electron chi connectivity index (χ1n) is 10.1. The summed E-state index contributed by atoms with van der Waals surface area (Å²) < 4.78 is 8.61. The molecule has 30 heavy (non-hydrogen) atoms. The van der Waals surface area contributed by atoms with Crippen molar-refractivity contribution in [3.8, 4) is 0 Å². The van der Waals surface area contributed by atoms with Crippen molar-refractivity contribution in [2.24, 2.45) is 18.9 Å². The number of anilines is 1. The topological polar surface area (TPSA) is 94.9 Å². The number of aryl methyl sites for hydroxylation is 2. The second kappa shape index (κ2) is 6.25. The quantitative estimate of drug-likeness (QED) is 0.512. The third-order valence-corrected chi connectivity index (χ3v) is 6.35. The number of rotatable bonds is 4. The molecule has 1 saturated carbocycles. The summed E-state index contributed by atoms with van der Waals surface area (Å²) in [6.45, 7) is 4.36. The van der Waals surface area contributed by atoms with Gasteiger partial charge in [-0.3, -0.25) is 9.36 Å². The molecule has 3 aromatic heterocycles. The highest BCUT2D eigenvalue weighted by Gasteiger charge is 2.58. The standard InChI is InChI=1S/C21H21N7O2/c1-12-4-3-5-13(6-12)27-7-14-15(8-27)17(14)19-24-16(30-25-19)9-28-11-23-20-18(21(28)29)26(2)10-22-20/h3-6,10-11,14-15,17H,7-9H2,1-2H3/t14-,15+,17+. The molecule has 1 aromatic carbocycles. The van der Waals surface area contributed by atoms with Crippen LogP contribution in [-0.2, 0) is 13.6 Å². The van der Waals surface area contributed by atoms with Crippen LogP contribution in [0, 0.1) is 18.8 Å². The summed E-state index contributed by atoms with van der Waals surface area (Å²) in [5, 5.41) is 4.21. The van der Waals surface area contributed by atoms with Crippen LogP contribution in [0.5, 0.6) is 0 Å². The largest absolute Gasteiger partial charge is 0.371 e. The van der Waals surface area contributed by atoms with Crippen molar-refractivity contribution in [2.45, 2.75) is 19.4 Å². The summed E-state index contributed by atoms with van der Waals surface area (Å²) in [6, 6.07) is 8.63. The van der Waals surface area contributed by atoms with Crippen LogP contribution in [0.1, 0.15) is 23.2 Å². The SMILES string of the molecule is Cc1cccc(N2C[C@@H]3[C@H](C2)[C@H]3c2noc(Cn3cnc4ncn(C)c4c3=O)n2)c1. The van der Waals surface area contributed by atoms with E-state index in [1.807, 2.05) is 0 Å². The van der Waals surface area contributed by atoms with E-state index in [1.165, 1.54) is 22.1 Å². The summed E-state index contributed by atoms with van der Waals surface area (Å²) in [7, 11) is 1.78. The summed E-state index contributed by atoms with van der Waals surface area (Å²) in [5.41, 5.74) is 3.30. The zero-order valence-electron chi connectivity index (χ0n) is 16.8. The molecule has 3 atom stereocenters. The first kappa shape index (κ1) is 17.4. The number of hydrogen-bond acceptors (Lipinski definition) is 7. The van der Waals surface area contributed by atoms with Crippen molar-refractivity contribution in [3.63, 3.8) is 0 Å². The minimum absolute atomic E-state index is 0.170. The van der Waals surface area contributed by atoms with Crippen molar-refractivity contribution < 1.29 is 4.52 Å². The van der Waals surface area contributed by atoms with E-state index < -0.39 is 0 Å². The maximum atomic E-state index is 12.7. The number of benzene rings is 1. The van der Waals surface area contributed by atoms with Crippen molar-refractivity contribution in [1.82, 2.24) is 29.2 Å². The molecule has 2 fully saturated rings. The van der Waals surface area contributed by atoms with Gasteiger partial charge in [-0.2, -0.15) is 4.98 Å². The molecule has 1 aliphatic carbocycles. The molecular weight excluding hydrogens is 382 g/mol. The molecule has 4 heterocycles. The van der Waals surface area contributed by atoms with E-state index in [-0.39, 0.29) is 12.1 Å². The Morgan fingerprint density at radius 1 is 1.17 bits per heavy atom. The fourth-order valence-electron chi connectivity index (χ4n) is 4.74. The Morgan fingerprint density at radius 2 is 1.97 bits per heavy atom. The molecule has 0 amide bonds. The molecule has 4 aromatic rings. The van der Waals surface area contributed by atoms with Crippen molar-refractivity contribution in [2.75, 3.05) is 18.0 Å². The lowest BCUT2D eigenvalue weighted by molar-refractivity contribution is 0.363. The van der Waals surface area contributed by atoms with Crippen LogP contribution in [0.25, 0.3) is 11.2 Å². The molecule has 2 aliphatic rings. The van der Waals surface area contributed by atoms with Gasteiger partial charge in [-0.25, -0.2) is 9.97 Å². The van der Waals surface area contributed by atoms with E-state index in [0.29, 0.717) is 34.8 Å². The van der Waals surface area contributed by atoms with Gasteiger partial charge in [-0.1, -0.05) is 17.3 Å². The van der Waals surface area contributed by atoms with Crippen LogP contribution in [-0.4, -0.2) is 42.3 Å². The molecular formula is C21H21N7O2. The van der Waals surface area contributed by atoms with Gasteiger partial charge in [0.15, 0.2) is 17.0 Å². The number of fused-ring (bicyclic) bond motifs is 2. The van der Waals surface area contributed by atoms with Crippen LogP contribution < -0.4 is 10.5 Å². The fourth-order valence-corrected chi connectivity index (χ4v) is 4.74. The van der Waals surface area contributed by atoms with Gasteiger partial charge >= 0.3 is 0 Å². The Bertz CT molecular complexity index is 1310. The Balaban J connectivity index is 1.17. The van der Waals surface area contributed by atoms with Gasteiger partial charge in [0.05, 0.1) is 6.33 Å². The molecule has 6 rings (SSSR count). The molecule has 0 spiro atoms. The van der Waals surface area contributed by atoms with Gasteiger partial charge in [0.25, 0.3) is 5.56 Å². The summed E-state index contributed by atoms with van der Waals surface area (Å²) in [5.74, 6) is 2.65. The van der Waals surface area contributed by atoms with E-state index in [0.717, 1.165) is 18.9 Å². The Labute approximate surface area is 172 Å². The van der Waals surface area contributed by atoms with E-state index in [2.05, 4.69) is 56.2 Å². The molecule has 1 saturated heterocycles. The minimum atomic E-state index is -0.170. The number of nitrogens with zero attached hydrogens (tertiary/aromatic N) is 7. The molecule has 0 bridgehead atoms. The summed E-state index contributed by atoms with van der Waals surface area (Å²) >= 11 is 0. The third kappa shape index (κ3) is 2.65. The molecule has 1 aliphatic heterocycles. The number of piperidine rings is 1. The van der Waals surface area contributed by atoms with Crippen LogP contribution in [0.15, 0.2) is 46.2 Å². The zero-order chi connectivity index (χ0) is 20.4. The average Bonchev–Trinajstić information content (AvgIpc) is 3.16. The monoisotopic (exact) mass is 403 g/mol. The third-order valence-electron chi connectivity index (χ3n) is 6.35. The van der Waals surface area contributed by atoms with Gasteiger partial charge in [0, 0.05) is 31.7 Å². The summed E-state index contributed by atoms with van der Waals surface area (Å²) in [4.78, 5) is 28.1. The van der Waals surface area contributed by atoms with E-state index >= 15 is 0 Å². The predicted molar refractivity (Wildman–Crippen MR) is 109 cm³/mol. The van der Waals surface area contributed by atoms with Crippen LogP contribution in [0.4, 0.5) is 5.69 Å². The lowest BCUT2D eigenvalue weighted by Gasteiger charge is -2.21. The Kier molecular flexibility index (Phi) is 3.62. The molecule has 0 N–H and O–H groups in total. The number of imidazole rings is 1. The second-order valence-corrected chi connectivity index (χ2v) is 8.35. The normalized spacial score (nSPS) is 22.6. The number of hydrogen-bond donors (Lipinski definition) is 0. The van der Waals surface area contributed by atoms with Crippen LogP contribution in [0.3, 0.4) is 0 Å². The smallest absolute Gasteiger partial charge is 0.280 e. The van der Waals surface area contributed by atoms with Crippen molar-refractivity contribution in [3.05, 3.63) is 64.6 Å². The van der Waals surface area contributed by atoms with Crippen LogP contribution >= 0.6 is 0 Å². The van der Waals surface area contributed by atoms with E-state index in [1.54, 1.807) is 17.9 Å². The summed E-state index contributed by atoms with van der Waals surface area (Å²) in [6.07, 6.45) is 3.06. The lowest BCUT2D eigenvalue weighted by Crippen LogP contribution is -2.24. The number of aromatic nitrogens is 6. The van der Waals surface area contributed by atoms with Gasteiger partial charge < -0.3 is 14.0 Å². The first-order chi connectivity index (χ1) is 14.6. The van der Waals surface area contributed by atoms with Crippen molar-refractivity contribution in [1.29, 1.82) is 0 Å². The maximum Gasteiger partial charge on any atom is 0.280 e. The van der Waals surface area contributed by atoms with E-state index in [4.69, 9.17) is 4.52 Å². The van der Waals surface area contributed by atoms with Gasteiger partial charge in [0.2, 0.25) is 5.89 Å². The molecule has 0 unspecified atom stereocenters. The Morgan fingerprint density at radius 3 is 2.77 bits per heavy atom. The van der Waals surface area contributed by atoms with Crippen molar-refractivity contribution >= 4 is 16.9 Å². The fraction of sp³-hybridized carbons (Fsp3) is 0.381. The molecule has 9 heteroatoms. The Hall–Kier alpha value is -3.49. The van der Waals surface area contributed by atoms with Crippen LogP contribution in [0.2, 0.25) is 0 Å². The predicted octanol–water partition coefficient (Wildman–Crippen LogP) is 1.72. The highest BCUT2D eigenvalue weighted by Crippen LogP contribution is 2.57. The van der Waals surface area contributed by atoms with Gasteiger partial charge in [-0.15, -0.1) is 0 Å². The van der Waals surface area contributed by atoms with E-state index in [9.17, 15) is 4.79 Å². The van der Waals surface area contributed by atoms with Gasteiger partial charge in [0.1, 0.15) is 12.9 Å². The zero-order valence-corrected chi connectivity index (χ0v) is 16.8. The second-order valence-electron chi connectivity index (χ2n) is 8.35. The molecule has 9 nitrogen and oxygen atoms in total. The molecule has 152 valence electrons. The molecule has 0 radical (unpaired) electrons. The van der Waals surface area contributed by atoms with Gasteiger partial charge in [-0.05, 0) is 36.5 Å². The lowest BCUT2D eigenvalue weighted by atomic mass is 10.2. The first-order valence-corrected chi connectivity index (χ1v) is 10.1. The average molecular weight is 403 g/mol.